The summed E-state index contributed by atoms with van der Waals surface area (Å²) in [7, 11) is 0. The third-order valence-electron chi connectivity index (χ3n) is 4.99. The molecule has 2 amide bonds. The molecule has 1 aromatic carbocycles. The largest absolute Gasteiger partial charge is 0.378 e. The van der Waals surface area contributed by atoms with E-state index in [1.165, 1.54) is 16.7 Å². The lowest BCUT2D eigenvalue weighted by Crippen LogP contribution is -2.59. The van der Waals surface area contributed by atoms with Gasteiger partial charge in [0.2, 0.25) is 0 Å². The summed E-state index contributed by atoms with van der Waals surface area (Å²) in [6.07, 6.45) is 2.83. The second-order valence-corrected chi connectivity index (χ2v) is 7.02. The molecule has 24 heavy (non-hydrogen) atoms. The van der Waals surface area contributed by atoms with Crippen molar-refractivity contribution in [3.63, 3.8) is 0 Å². The average molecular weight is 332 g/mol. The van der Waals surface area contributed by atoms with E-state index in [2.05, 4.69) is 37.4 Å². The molecule has 1 aromatic rings. The highest BCUT2D eigenvalue weighted by atomic mass is 16.5. The Kier molecular flexibility index (Phi) is 5.41. The van der Waals surface area contributed by atoms with Crippen LogP contribution in [-0.4, -0.2) is 56.0 Å². The summed E-state index contributed by atoms with van der Waals surface area (Å²) < 4.78 is 11.5. The molecule has 2 saturated heterocycles. The monoisotopic (exact) mass is 332 g/mol. The van der Waals surface area contributed by atoms with E-state index in [9.17, 15) is 4.79 Å². The van der Waals surface area contributed by atoms with Gasteiger partial charge < -0.3 is 19.7 Å². The molecule has 5 heteroatoms. The van der Waals surface area contributed by atoms with Gasteiger partial charge in [-0.1, -0.05) is 23.8 Å². The fraction of sp³-hybridized carbons (Fsp3) is 0.632. The smallest absolute Gasteiger partial charge is 0.317 e. The maximum absolute atomic E-state index is 12.5. The molecular weight excluding hydrogens is 304 g/mol. The maximum atomic E-state index is 12.5. The summed E-state index contributed by atoms with van der Waals surface area (Å²) in [5.74, 6) is 0. The number of carbonyl (C=O) groups excluding carboxylic acids is 1. The van der Waals surface area contributed by atoms with Crippen molar-refractivity contribution in [1.82, 2.24) is 10.2 Å². The quantitative estimate of drug-likeness (QED) is 0.925. The van der Waals surface area contributed by atoms with Gasteiger partial charge in [-0.3, -0.25) is 0 Å². The van der Waals surface area contributed by atoms with Crippen molar-refractivity contribution >= 4 is 6.03 Å². The van der Waals surface area contributed by atoms with E-state index in [0.29, 0.717) is 32.8 Å². The first-order chi connectivity index (χ1) is 11.6. The molecule has 0 radical (unpaired) electrons. The fourth-order valence-electron chi connectivity index (χ4n) is 3.63. The van der Waals surface area contributed by atoms with Crippen molar-refractivity contribution in [3.05, 3.63) is 34.9 Å². The average Bonchev–Trinajstić information content (AvgIpc) is 2.57. The number of morpholine rings is 1. The van der Waals surface area contributed by atoms with Crippen LogP contribution >= 0.6 is 0 Å². The van der Waals surface area contributed by atoms with Crippen molar-refractivity contribution in [2.24, 2.45) is 0 Å². The van der Waals surface area contributed by atoms with Crippen LogP contribution in [-0.2, 0) is 15.9 Å². The predicted octanol–water partition coefficient (Wildman–Crippen LogP) is 2.44. The van der Waals surface area contributed by atoms with Gasteiger partial charge in [0, 0.05) is 19.7 Å². The van der Waals surface area contributed by atoms with Crippen LogP contribution in [0.5, 0.6) is 0 Å². The minimum atomic E-state index is -0.290. The molecule has 2 aliphatic heterocycles. The minimum absolute atomic E-state index is 0.00742. The lowest BCUT2D eigenvalue weighted by molar-refractivity contribution is -0.160. The Labute approximate surface area is 144 Å². The van der Waals surface area contributed by atoms with Crippen LogP contribution in [0.4, 0.5) is 4.79 Å². The third-order valence-corrected chi connectivity index (χ3v) is 4.99. The summed E-state index contributed by atoms with van der Waals surface area (Å²) in [4.78, 5) is 14.3. The molecule has 3 rings (SSSR count). The number of urea groups is 1. The van der Waals surface area contributed by atoms with Gasteiger partial charge in [0.1, 0.15) is 5.60 Å². The van der Waals surface area contributed by atoms with Crippen molar-refractivity contribution in [2.75, 3.05) is 39.5 Å². The van der Waals surface area contributed by atoms with E-state index < -0.39 is 0 Å². The van der Waals surface area contributed by atoms with Crippen LogP contribution in [0.3, 0.4) is 0 Å². The zero-order valence-corrected chi connectivity index (χ0v) is 14.8. The van der Waals surface area contributed by atoms with Gasteiger partial charge in [-0.2, -0.15) is 0 Å². The molecule has 5 nitrogen and oxygen atoms in total. The van der Waals surface area contributed by atoms with Gasteiger partial charge in [0.15, 0.2) is 0 Å². The second-order valence-electron chi connectivity index (χ2n) is 7.02. The lowest BCUT2D eigenvalue weighted by atomic mass is 9.94. The number of nitrogens with zero attached hydrogens (tertiary/aromatic N) is 1. The number of ether oxygens (including phenoxy) is 2. The number of benzene rings is 1. The fourth-order valence-corrected chi connectivity index (χ4v) is 3.63. The maximum Gasteiger partial charge on any atom is 0.317 e. The van der Waals surface area contributed by atoms with Gasteiger partial charge in [-0.15, -0.1) is 0 Å². The molecule has 2 heterocycles. The Morgan fingerprint density at radius 3 is 2.96 bits per heavy atom. The summed E-state index contributed by atoms with van der Waals surface area (Å²) >= 11 is 0. The third kappa shape index (κ3) is 4.08. The molecule has 1 spiro atoms. The van der Waals surface area contributed by atoms with Crippen LogP contribution in [0.25, 0.3) is 0 Å². The van der Waals surface area contributed by atoms with Gasteiger partial charge >= 0.3 is 6.03 Å². The van der Waals surface area contributed by atoms with E-state index in [1.807, 2.05) is 4.90 Å². The highest BCUT2D eigenvalue weighted by Gasteiger charge is 2.40. The van der Waals surface area contributed by atoms with Crippen molar-refractivity contribution < 1.29 is 14.3 Å². The Morgan fingerprint density at radius 2 is 2.21 bits per heavy atom. The Balaban J connectivity index is 1.49. The molecule has 2 fully saturated rings. The first-order valence-electron chi connectivity index (χ1n) is 8.89. The van der Waals surface area contributed by atoms with E-state index >= 15 is 0 Å². The SMILES string of the molecule is Cc1ccc(CCNC(=O)N2CCO[C@@]3(CCCOC3)C2)c(C)c1. The Bertz CT molecular complexity index is 576. The zero-order chi connectivity index (χ0) is 17.0. The molecule has 132 valence electrons. The van der Waals surface area contributed by atoms with Gasteiger partial charge in [-0.05, 0) is 44.2 Å². The molecular formula is C19H28N2O3. The van der Waals surface area contributed by atoms with E-state index in [-0.39, 0.29) is 11.6 Å². The molecule has 2 aliphatic rings. The van der Waals surface area contributed by atoms with Gasteiger partial charge in [-0.25, -0.2) is 4.79 Å². The van der Waals surface area contributed by atoms with E-state index in [1.54, 1.807) is 0 Å². The molecule has 0 aliphatic carbocycles. The lowest BCUT2D eigenvalue weighted by Gasteiger charge is -2.44. The van der Waals surface area contributed by atoms with Gasteiger partial charge in [0.25, 0.3) is 0 Å². The summed E-state index contributed by atoms with van der Waals surface area (Å²) in [5, 5.41) is 3.06. The van der Waals surface area contributed by atoms with E-state index in [4.69, 9.17) is 9.47 Å². The topological polar surface area (TPSA) is 50.8 Å². The highest BCUT2D eigenvalue weighted by molar-refractivity contribution is 5.74. The van der Waals surface area contributed by atoms with Crippen molar-refractivity contribution in [3.8, 4) is 0 Å². The van der Waals surface area contributed by atoms with Gasteiger partial charge in [0.05, 0.1) is 19.8 Å². The van der Waals surface area contributed by atoms with Crippen LogP contribution in [0.1, 0.15) is 29.5 Å². The first-order valence-corrected chi connectivity index (χ1v) is 8.89. The molecule has 0 aromatic heterocycles. The first kappa shape index (κ1) is 17.2. The number of hydrogen-bond donors (Lipinski definition) is 1. The Morgan fingerprint density at radius 1 is 1.33 bits per heavy atom. The minimum Gasteiger partial charge on any atom is -0.378 e. The molecule has 0 bridgehead atoms. The van der Waals surface area contributed by atoms with Crippen LogP contribution in [0.2, 0.25) is 0 Å². The highest BCUT2D eigenvalue weighted by Crippen LogP contribution is 2.27. The molecule has 0 saturated carbocycles. The molecule has 0 unspecified atom stereocenters. The summed E-state index contributed by atoms with van der Waals surface area (Å²) in [5.41, 5.74) is 3.56. The predicted molar refractivity (Wildman–Crippen MR) is 93.3 cm³/mol. The molecule has 1 N–H and O–H groups in total. The number of nitrogens with one attached hydrogen (secondary N) is 1. The van der Waals surface area contributed by atoms with Crippen molar-refractivity contribution in [1.29, 1.82) is 0 Å². The van der Waals surface area contributed by atoms with E-state index in [0.717, 1.165) is 25.9 Å². The van der Waals surface area contributed by atoms with Crippen LogP contribution in [0, 0.1) is 13.8 Å². The normalized spacial score (nSPS) is 24.2. The Hall–Kier alpha value is -1.59. The number of amides is 2. The summed E-state index contributed by atoms with van der Waals surface area (Å²) in [6, 6.07) is 6.47. The zero-order valence-electron chi connectivity index (χ0n) is 14.8. The molecule has 1 atom stereocenters. The van der Waals surface area contributed by atoms with Crippen LogP contribution < -0.4 is 5.32 Å². The van der Waals surface area contributed by atoms with Crippen molar-refractivity contribution in [2.45, 2.75) is 38.7 Å². The summed E-state index contributed by atoms with van der Waals surface area (Å²) in [6.45, 7) is 8.14. The number of carbonyl (C=O) groups is 1. The van der Waals surface area contributed by atoms with Crippen LogP contribution in [0.15, 0.2) is 18.2 Å². The number of aryl methyl sites for hydroxylation is 2. The number of hydrogen-bond acceptors (Lipinski definition) is 3. The second kappa shape index (κ2) is 7.53. The number of rotatable bonds is 3. The standard InChI is InChI=1S/C19H28N2O3/c1-15-4-5-17(16(2)12-15)6-8-20-18(22)21-9-11-24-19(13-21)7-3-10-23-14-19/h4-5,12H,3,6-11,13-14H2,1-2H3,(H,20,22)/t19-/m0/s1.